The minimum Gasteiger partial charge on any atom is -0.481 e. The molecule has 0 atom stereocenters. The van der Waals surface area contributed by atoms with E-state index in [9.17, 15) is 4.79 Å². The lowest BCUT2D eigenvalue weighted by Gasteiger charge is -2.04. The van der Waals surface area contributed by atoms with E-state index in [-0.39, 0.29) is 0 Å². The van der Waals surface area contributed by atoms with Crippen LogP contribution in [0.1, 0.15) is 129 Å². The van der Waals surface area contributed by atoms with Gasteiger partial charge in [0.05, 0.1) is 0 Å². The van der Waals surface area contributed by atoms with Gasteiger partial charge in [0.1, 0.15) is 0 Å². The van der Waals surface area contributed by atoms with E-state index < -0.39 is 5.97 Å². The van der Waals surface area contributed by atoms with Crippen LogP contribution >= 0.6 is 11.8 Å². The van der Waals surface area contributed by atoms with Crippen molar-refractivity contribution in [2.45, 2.75) is 129 Å². The van der Waals surface area contributed by atoms with Crippen LogP contribution in [-0.4, -0.2) is 22.6 Å². The van der Waals surface area contributed by atoms with Crippen LogP contribution in [0.25, 0.3) is 0 Å². The van der Waals surface area contributed by atoms with Crippen LogP contribution in [0.5, 0.6) is 0 Å². The molecule has 0 aromatic heterocycles. The summed E-state index contributed by atoms with van der Waals surface area (Å²) in [6, 6.07) is 0. The first-order valence-corrected chi connectivity index (χ1v) is 12.7. The van der Waals surface area contributed by atoms with E-state index in [1.165, 1.54) is 115 Å². The standard InChI is InChI=1S/C23H46O2S/c1-2-3-4-5-6-7-8-9-10-11-12-13-14-15-16-17-18-21-26-22-19-20-23(24)25/h2-22H2,1H3,(H,24,25). The lowest BCUT2D eigenvalue weighted by atomic mass is 10.0. The first-order valence-electron chi connectivity index (χ1n) is 11.6. The summed E-state index contributed by atoms with van der Waals surface area (Å²) in [4.78, 5) is 10.4. The zero-order chi connectivity index (χ0) is 19.1. The maximum atomic E-state index is 10.4. The van der Waals surface area contributed by atoms with Crippen LogP contribution in [0.2, 0.25) is 0 Å². The summed E-state index contributed by atoms with van der Waals surface area (Å²) < 4.78 is 0. The molecule has 0 rings (SSSR count). The summed E-state index contributed by atoms with van der Waals surface area (Å²) in [5.41, 5.74) is 0. The molecule has 0 unspecified atom stereocenters. The lowest BCUT2D eigenvalue weighted by Crippen LogP contribution is -1.95. The molecule has 0 aliphatic heterocycles. The summed E-state index contributed by atoms with van der Waals surface area (Å²) in [5.74, 6) is 1.55. The van der Waals surface area contributed by atoms with Crippen molar-refractivity contribution >= 4 is 17.7 Å². The Balaban J connectivity index is 2.98. The Morgan fingerprint density at radius 1 is 0.577 bits per heavy atom. The van der Waals surface area contributed by atoms with Crippen LogP contribution in [-0.2, 0) is 4.79 Å². The Kier molecular flexibility index (Phi) is 22.7. The second-order valence-electron chi connectivity index (χ2n) is 7.77. The van der Waals surface area contributed by atoms with Gasteiger partial charge in [-0.05, 0) is 24.3 Å². The minimum atomic E-state index is -0.664. The molecule has 0 amide bonds. The predicted molar refractivity (Wildman–Crippen MR) is 118 cm³/mol. The number of hydrogen-bond acceptors (Lipinski definition) is 2. The molecule has 0 saturated heterocycles. The highest BCUT2D eigenvalue weighted by atomic mass is 32.2. The first-order chi connectivity index (χ1) is 12.8. The number of thioether (sulfide) groups is 1. The van der Waals surface area contributed by atoms with Gasteiger partial charge in [-0.15, -0.1) is 0 Å². The number of carbonyl (C=O) groups is 1. The van der Waals surface area contributed by atoms with Gasteiger partial charge in [0.25, 0.3) is 0 Å². The molecule has 0 saturated carbocycles. The van der Waals surface area contributed by atoms with Crippen LogP contribution < -0.4 is 0 Å². The molecular formula is C23H46O2S. The summed E-state index contributed by atoms with van der Waals surface area (Å²) in [6.07, 6.45) is 25.3. The molecule has 0 aliphatic carbocycles. The molecule has 0 heterocycles. The predicted octanol–water partition coefficient (Wildman–Crippen LogP) is 8.24. The Labute approximate surface area is 168 Å². The zero-order valence-corrected chi connectivity index (χ0v) is 18.4. The summed E-state index contributed by atoms with van der Waals surface area (Å²) in [7, 11) is 0. The highest BCUT2D eigenvalue weighted by molar-refractivity contribution is 7.99. The number of carboxylic acids is 1. The van der Waals surface area contributed by atoms with E-state index in [1.54, 1.807) is 0 Å². The molecule has 3 heteroatoms. The molecule has 0 radical (unpaired) electrons. The fraction of sp³-hybridized carbons (Fsp3) is 0.957. The normalized spacial score (nSPS) is 11.1. The topological polar surface area (TPSA) is 37.3 Å². The Morgan fingerprint density at radius 3 is 1.31 bits per heavy atom. The van der Waals surface area contributed by atoms with Gasteiger partial charge in [-0.2, -0.15) is 11.8 Å². The van der Waals surface area contributed by atoms with Gasteiger partial charge in [0.2, 0.25) is 0 Å². The number of unbranched alkanes of at least 4 members (excludes halogenated alkanes) is 16. The van der Waals surface area contributed by atoms with Gasteiger partial charge >= 0.3 is 5.97 Å². The van der Waals surface area contributed by atoms with E-state index in [2.05, 4.69) is 6.92 Å². The molecule has 0 aromatic rings. The molecule has 1 N–H and O–H groups in total. The van der Waals surface area contributed by atoms with Crippen LogP contribution in [0.15, 0.2) is 0 Å². The minimum absolute atomic E-state index is 0.325. The van der Waals surface area contributed by atoms with Gasteiger partial charge in [-0.25, -0.2) is 0 Å². The van der Waals surface area contributed by atoms with Gasteiger partial charge in [-0.3, -0.25) is 4.79 Å². The molecule has 26 heavy (non-hydrogen) atoms. The third kappa shape index (κ3) is 23.8. The fourth-order valence-corrected chi connectivity index (χ4v) is 4.32. The average molecular weight is 387 g/mol. The largest absolute Gasteiger partial charge is 0.481 e. The van der Waals surface area contributed by atoms with Gasteiger partial charge in [-0.1, -0.05) is 110 Å². The van der Waals surface area contributed by atoms with Crippen molar-refractivity contribution in [2.24, 2.45) is 0 Å². The smallest absolute Gasteiger partial charge is 0.303 e. The molecule has 0 fully saturated rings. The average Bonchev–Trinajstić information content (AvgIpc) is 2.62. The van der Waals surface area contributed by atoms with Crippen LogP contribution in [0.3, 0.4) is 0 Å². The van der Waals surface area contributed by atoms with Crippen LogP contribution in [0.4, 0.5) is 0 Å². The number of carboxylic acid groups (broad SMARTS) is 1. The molecule has 156 valence electrons. The van der Waals surface area contributed by atoms with Crippen molar-refractivity contribution in [1.82, 2.24) is 0 Å². The monoisotopic (exact) mass is 386 g/mol. The second kappa shape index (κ2) is 22.9. The van der Waals surface area contributed by atoms with E-state index in [0.29, 0.717) is 6.42 Å². The summed E-state index contributed by atoms with van der Waals surface area (Å²) in [5, 5.41) is 8.56. The van der Waals surface area contributed by atoms with Crippen LogP contribution in [0, 0.1) is 0 Å². The van der Waals surface area contributed by atoms with Gasteiger partial charge < -0.3 is 5.11 Å². The number of hydrogen-bond donors (Lipinski definition) is 1. The molecule has 0 spiro atoms. The van der Waals surface area contributed by atoms with E-state index in [4.69, 9.17) is 5.11 Å². The highest BCUT2D eigenvalue weighted by Gasteiger charge is 1.97. The molecule has 2 nitrogen and oxygen atoms in total. The van der Waals surface area contributed by atoms with Crippen molar-refractivity contribution in [1.29, 1.82) is 0 Å². The number of aliphatic carboxylic acids is 1. The zero-order valence-electron chi connectivity index (χ0n) is 17.6. The van der Waals surface area contributed by atoms with Gasteiger partial charge in [0, 0.05) is 6.42 Å². The Hall–Kier alpha value is -0.180. The Bertz CT molecular complexity index is 281. The summed E-state index contributed by atoms with van der Waals surface area (Å²) >= 11 is 1.92. The quantitative estimate of drug-likeness (QED) is 0.190. The van der Waals surface area contributed by atoms with Crippen molar-refractivity contribution in [2.75, 3.05) is 11.5 Å². The number of rotatable bonds is 22. The lowest BCUT2D eigenvalue weighted by molar-refractivity contribution is -0.137. The van der Waals surface area contributed by atoms with E-state index in [1.807, 2.05) is 11.8 Å². The molecular weight excluding hydrogens is 340 g/mol. The van der Waals surface area contributed by atoms with Crippen molar-refractivity contribution in [3.05, 3.63) is 0 Å². The molecule has 0 bridgehead atoms. The third-order valence-electron chi connectivity index (χ3n) is 5.07. The maximum absolute atomic E-state index is 10.4. The van der Waals surface area contributed by atoms with E-state index >= 15 is 0 Å². The molecule has 0 aliphatic rings. The van der Waals surface area contributed by atoms with Gasteiger partial charge in [0.15, 0.2) is 0 Å². The summed E-state index contributed by atoms with van der Waals surface area (Å²) in [6.45, 7) is 2.29. The second-order valence-corrected chi connectivity index (χ2v) is 8.99. The Morgan fingerprint density at radius 2 is 0.923 bits per heavy atom. The van der Waals surface area contributed by atoms with E-state index in [0.717, 1.165) is 12.2 Å². The maximum Gasteiger partial charge on any atom is 0.303 e. The molecule has 0 aromatic carbocycles. The first kappa shape index (κ1) is 25.8. The van der Waals surface area contributed by atoms with Crippen molar-refractivity contribution < 1.29 is 9.90 Å². The third-order valence-corrected chi connectivity index (χ3v) is 6.23. The van der Waals surface area contributed by atoms with Crippen molar-refractivity contribution in [3.63, 3.8) is 0 Å². The fourth-order valence-electron chi connectivity index (χ4n) is 3.36. The highest BCUT2D eigenvalue weighted by Crippen LogP contribution is 2.15. The SMILES string of the molecule is CCCCCCCCCCCCCCCCCCCSCCCC(=O)O. The van der Waals surface area contributed by atoms with Crippen molar-refractivity contribution in [3.8, 4) is 0 Å².